The van der Waals surface area contributed by atoms with Crippen molar-refractivity contribution in [1.29, 1.82) is 0 Å². The van der Waals surface area contributed by atoms with Gasteiger partial charge in [0.15, 0.2) is 12.4 Å². The molecule has 0 saturated heterocycles. The molecule has 0 saturated carbocycles. The summed E-state index contributed by atoms with van der Waals surface area (Å²) in [7, 11) is 3.08. The van der Waals surface area contributed by atoms with Crippen molar-refractivity contribution in [3.8, 4) is 0 Å². The molecular formula is C34H43N5O8. The van der Waals surface area contributed by atoms with E-state index in [2.05, 4.69) is 21.1 Å². The van der Waals surface area contributed by atoms with Crippen LogP contribution in [0.3, 0.4) is 0 Å². The maximum absolute atomic E-state index is 13.7. The maximum atomic E-state index is 13.7. The smallest absolute Gasteiger partial charge is 0.409 e. The fourth-order valence-electron chi connectivity index (χ4n) is 4.70. The molecule has 1 aromatic heterocycles. The summed E-state index contributed by atoms with van der Waals surface area (Å²) in [5.41, 5.74) is 1.97. The average Bonchev–Trinajstić information content (AvgIpc) is 3.48. The highest BCUT2D eigenvalue weighted by Crippen LogP contribution is 2.12. The molecule has 2 aromatic carbocycles. The predicted molar refractivity (Wildman–Crippen MR) is 172 cm³/mol. The first-order valence-corrected chi connectivity index (χ1v) is 15.4. The highest BCUT2D eigenvalue weighted by atomic mass is 16.6. The van der Waals surface area contributed by atoms with Gasteiger partial charge in [-0.15, -0.1) is 0 Å². The summed E-state index contributed by atoms with van der Waals surface area (Å²) in [6.45, 7) is 3.60. The summed E-state index contributed by atoms with van der Waals surface area (Å²) in [6, 6.07) is 16.6. The molecular weight excluding hydrogens is 606 g/mol. The summed E-state index contributed by atoms with van der Waals surface area (Å²) < 4.78 is 10.2. The number of rotatable bonds is 17. The number of carboxylic acids is 1. The quantitative estimate of drug-likeness (QED) is 0.171. The molecule has 47 heavy (non-hydrogen) atoms. The van der Waals surface area contributed by atoms with Gasteiger partial charge in [-0.05, 0) is 36.3 Å². The van der Waals surface area contributed by atoms with Crippen molar-refractivity contribution in [2.75, 3.05) is 14.1 Å². The molecule has 0 fully saturated rings. The van der Waals surface area contributed by atoms with Crippen LogP contribution in [0.4, 0.5) is 4.79 Å². The highest BCUT2D eigenvalue weighted by Gasteiger charge is 2.30. The lowest BCUT2D eigenvalue weighted by Crippen LogP contribution is -2.56. The predicted octanol–water partition coefficient (Wildman–Crippen LogP) is 2.88. The summed E-state index contributed by atoms with van der Waals surface area (Å²) >= 11 is 0. The lowest BCUT2D eigenvalue weighted by atomic mass is 10.00. The summed E-state index contributed by atoms with van der Waals surface area (Å²) in [6.07, 6.45) is 0.233. The Balaban J connectivity index is 1.71. The molecule has 4 N–H and O–H groups in total. The summed E-state index contributed by atoms with van der Waals surface area (Å²) in [5.74, 6) is -2.69. The SMILES string of the molecule is CC(C)CC(NC(=O)C(CCc1ccccc1)NC(=O)Cc1cc(COC(=O)N(C)C)on1)C(=O)NC(Cc1ccccc1)C(=O)O. The fourth-order valence-corrected chi connectivity index (χ4v) is 4.70. The van der Waals surface area contributed by atoms with Crippen LogP contribution in [0.2, 0.25) is 0 Å². The van der Waals surface area contributed by atoms with Crippen LogP contribution in [0.15, 0.2) is 71.3 Å². The number of aromatic nitrogens is 1. The van der Waals surface area contributed by atoms with Gasteiger partial charge >= 0.3 is 12.1 Å². The maximum Gasteiger partial charge on any atom is 0.409 e. The van der Waals surface area contributed by atoms with E-state index in [4.69, 9.17) is 9.26 Å². The second-order valence-corrected chi connectivity index (χ2v) is 11.8. The first kappa shape index (κ1) is 36.3. The molecule has 3 atom stereocenters. The number of benzene rings is 2. The number of carbonyl (C=O) groups excluding carboxylic acids is 4. The molecule has 0 spiro atoms. The van der Waals surface area contributed by atoms with Gasteiger partial charge in [0.25, 0.3) is 0 Å². The van der Waals surface area contributed by atoms with Crippen LogP contribution >= 0.6 is 0 Å². The molecule has 13 nitrogen and oxygen atoms in total. The third-order valence-electron chi connectivity index (χ3n) is 7.11. The van der Waals surface area contributed by atoms with Crippen LogP contribution in [0, 0.1) is 5.92 Å². The van der Waals surface area contributed by atoms with Gasteiger partial charge in [0, 0.05) is 26.6 Å². The lowest BCUT2D eigenvalue weighted by Gasteiger charge is -2.25. The molecule has 252 valence electrons. The first-order valence-electron chi connectivity index (χ1n) is 15.4. The Labute approximate surface area is 274 Å². The van der Waals surface area contributed by atoms with E-state index in [1.807, 2.05) is 50.2 Å². The number of nitrogens with zero attached hydrogens (tertiary/aromatic N) is 2. The minimum Gasteiger partial charge on any atom is -0.480 e. The molecule has 0 aliphatic rings. The van der Waals surface area contributed by atoms with Crippen LogP contribution in [0.5, 0.6) is 0 Å². The van der Waals surface area contributed by atoms with Crippen LogP contribution in [0.25, 0.3) is 0 Å². The van der Waals surface area contributed by atoms with Gasteiger partial charge in [0.1, 0.15) is 18.1 Å². The third kappa shape index (κ3) is 12.6. The molecule has 0 bridgehead atoms. The van der Waals surface area contributed by atoms with Crippen molar-refractivity contribution in [1.82, 2.24) is 26.0 Å². The number of carbonyl (C=O) groups is 5. The zero-order valence-corrected chi connectivity index (χ0v) is 27.1. The normalized spacial score (nSPS) is 12.8. The van der Waals surface area contributed by atoms with Gasteiger partial charge in [-0.2, -0.15) is 0 Å². The molecule has 1 heterocycles. The summed E-state index contributed by atoms with van der Waals surface area (Å²) in [4.78, 5) is 65.1. The van der Waals surface area contributed by atoms with Crippen LogP contribution in [0.1, 0.15) is 49.3 Å². The van der Waals surface area contributed by atoms with Gasteiger partial charge in [-0.25, -0.2) is 9.59 Å². The van der Waals surface area contributed by atoms with E-state index in [1.54, 1.807) is 38.4 Å². The second-order valence-electron chi connectivity index (χ2n) is 11.8. The van der Waals surface area contributed by atoms with E-state index in [0.717, 1.165) is 11.1 Å². The monoisotopic (exact) mass is 649 g/mol. The Morgan fingerprint density at radius 2 is 1.45 bits per heavy atom. The summed E-state index contributed by atoms with van der Waals surface area (Å²) in [5, 5.41) is 21.8. The van der Waals surface area contributed by atoms with E-state index in [0.29, 0.717) is 6.42 Å². The standard InChI is InChI=1S/C34H43N5O8/c1-22(2)17-28(32(42)37-29(33(43)44)18-24-13-9-6-10-14-24)36-31(41)27(16-15-23-11-7-5-8-12-23)35-30(40)20-25-19-26(47-38-25)21-46-34(45)39(3)4/h5-14,19,22,27-29H,15-18,20-21H2,1-4H3,(H,35,40)(H,36,41)(H,37,42)(H,43,44). The largest absolute Gasteiger partial charge is 0.480 e. The van der Waals surface area contributed by atoms with Crippen molar-refractivity contribution in [3.63, 3.8) is 0 Å². The molecule has 4 amide bonds. The van der Waals surface area contributed by atoms with E-state index >= 15 is 0 Å². The van der Waals surface area contributed by atoms with Crippen molar-refractivity contribution in [2.24, 2.45) is 5.92 Å². The highest BCUT2D eigenvalue weighted by molar-refractivity contribution is 5.93. The molecule has 0 radical (unpaired) electrons. The first-order chi connectivity index (χ1) is 22.4. The fraction of sp³-hybridized carbons (Fsp3) is 0.412. The van der Waals surface area contributed by atoms with Gasteiger partial charge < -0.3 is 35.2 Å². The number of hydrogen-bond acceptors (Lipinski definition) is 8. The van der Waals surface area contributed by atoms with Gasteiger partial charge in [0.05, 0.1) is 12.1 Å². The zero-order chi connectivity index (χ0) is 34.3. The molecule has 3 rings (SSSR count). The van der Waals surface area contributed by atoms with E-state index in [-0.39, 0.29) is 49.7 Å². The topological polar surface area (TPSA) is 180 Å². The molecule has 3 aromatic rings. The minimum atomic E-state index is -1.20. The van der Waals surface area contributed by atoms with Crippen molar-refractivity contribution in [3.05, 3.63) is 89.3 Å². The third-order valence-corrected chi connectivity index (χ3v) is 7.11. The van der Waals surface area contributed by atoms with Gasteiger partial charge in [-0.1, -0.05) is 79.7 Å². The van der Waals surface area contributed by atoms with Crippen LogP contribution < -0.4 is 16.0 Å². The van der Waals surface area contributed by atoms with Gasteiger partial charge in [-0.3, -0.25) is 14.4 Å². The Morgan fingerprint density at radius 3 is 2.04 bits per heavy atom. The Hall–Kier alpha value is -5.20. The van der Waals surface area contributed by atoms with E-state index in [1.165, 1.54) is 11.0 Å². The Kier molecular flexibility index (Phi) is 13.9. The number of hydrogen-bond donors (Lipinski definition) is 4. The zero-order valence-electron chi connectivity index (χ0n) is 27.1. The van der Waals surface area contributed by atoms with E-state index in [9.17, 15) is 29.1 Å². The van der Waals surface area contributed by atoms with Crippen LogP contribution in [-0.4, -0.2) is 77.2 Å². The number of carboxylic acid groups (broad SMARTS) is 1. The number of nitrogens with one attached hydrogen (secondary N) is 3. The minimum absolute atomic E-state index is 0.0147. The number of amides is 4. The van der Waals surface area contributed by atoms with Crippen molar-refractivity contribution in [2.45, 2.75) is 70.7 Å². The molecule has 0 aliphatic heterocycles. The van der Waals surface area contributed by atoms with E-state index < -0.39 is 47.9 Å². The lowest BCUT2D eigenvalue weighted by molar-refractivity contribution is -0.142. The molecule has 0 aliphatic carbocycles. The molecule has 13 heteroatoms. The van der Waals surface area contributed by atoms with Crippen molar-refractivity contribution < 1.29 is 38.3 Å². The Morgan fingerprint density at radius 1 is 0.851 bits per heavy atom. The number of ether oxygens (including phenoxy) is 1. The Bertz CT molecular complexity index is 1480. The number of aryl methyl sites for hydroxylation is 1. The molecule has 3 unspecified atom stereocenters. The average molecular weight is 650 g/mol. The van der Waals surface area contributed by atoms with Crippen LogP contribution in [-0.2, 0) is 49.8 Å². The van der Waals surface area contributed by atoms with Gasteiger partial charge in [0.2, 0.25) is 17.7 Å². The number of aliphatic carboxylic acids is 1. The second kappa shape index (κ2) is 18.1. The van der Waals surface area contributed by atoms with Crippen molar-refractivity contribution >= 4 is 29.8 Å².